The largest absolute Gasteiger partial charge is 0.387 e. The van der Waals surface area contributed by atoms with Crippen molar-refractivity contribution < 1.29 is 0 Å². The number of fused-ring (bicyclic) bond motifs is 1. The van der Waals surface area contributed by atoms with Crippen LogP contribution in [-0.2, 0) is 6.42 Å². The zero-order valence-electron chi connectivity index (χ0n) is 7.70. The summed E-state index contributed by atoms with van der Waals surface area (Å²) in [4.78, 5) is 4.24. The third-order valence-corrected chi connectivity index (χ3v) is 2.06. The molecule has 3 N–H and O–H groups in total. The Hall–Kier alpha value is -1.90. The number of aromatic nitrogens is 1. The molecule has 0 spiro atoms. The number of nitrogens with zero attached hydrogens (tertiary/aromatic N) is 1. The Morgan fingerprint density at radius 2 is 2.21 bits per heavy atom. The maximum absolute atomic E-state index is 7.20. The number of rotatable bonds is 2. The van der Waals surface area contributed by atoms with E-state index in [9.17, 15) is 0 Å². The number of hydrogen-bond acceptors (Lipinski definition) is 2. The van der Waals surface area contributed by atoms with Crippen molar-refractivity contribution in [3.05, 3.63) is 42.1 Å². The molecule has 0 aliphatic rings. The topological polar surface area (TPSA) is 62.8 Å². The third kappa shape index (κ3) is 1.71. The van der Waals surface area contributed by atoms with E-state index in [1.54, 1.807) is 6.20 Å². The van der Waals surface area contributed by atoms with E-state index in [4.69, 9.17) is 11.1 Å². The molecule has 0 amide bonds. The van der Waals surface area contributed by atoms with Gasteiger partial charge in [-0.25, -0.2) is 0 Å². The summed E-state index contributed by atoms with van der Waals surface area (Å²) in [6.45, 7) is 0. The highest BCUT2D eigenvalue weighted by molar-refractivity contribution is 5.83. The van der Waals surface area contributed by atoms with Gasteiger partial charge in [0, 0.05) is 18.0 Å². The lowest BCUT2D eigenvalue weighted by atomic mass is 10.1. The second-order valence-corrected chi connectivity index (χ2v) is 3.23. The van der Waals surface area contributed by atoms with Gasteiger partial charge >= 0.3 is 0 Å². The molecule has 1 aromatic carbocycles. The number of amidine groups is 1. The molecule has 0 saturated carbocycles. The van der Waals surface area contributed by atoms with Gasteiger partial charge < -0.3 is 5.73 Å². The molecule has 70 valence electrons. The first-order valence-electron chi connectivity index (χ1n) is 4.42. The second-order valence-electron chi connectivity index (χ2n) is 3.23. The molecule has 3 nitrogen and oxygen atoms in total. The highest BCUT2D eigenvalue weighted by Gasteiger charge is 1.98. The van der Waals surface area contributed by atoms with Crippen LogP contribution in [0, 0.1) is 5.41 Å². The van der Waals surface area contributed by atoms with Gasteiger partial charge in [0.2, 0.25) is 0 Å². The minimum atomic E-state index is 0.181. The fourth-order valence-corrected chi connectivity index (χ4v) is 1.44. The Kier molecular flexibility index (Phi) is 2.14. The van der Waals surface area contributed by atoms with Crippen LogP contribution < -0.4 is 5.73 Å². The summed E-state index contributed by atoms with van der Waals surface area (Å²) in [5, 5.41) is 8.31. The van der Waals surface area contributed by atoms with Crippen LogP contribution in [0.5, 0.6) is 0 Å². The lowest BCUT2D eigenvalue weighted by molar-refractivity contribution is 1.25. The van der Waals surface area contributed by atoms with Crippen molar-refractivity contribution in [3.8, 4) is 0 Å². The molecule has 0 radical (unpaired) electrons. The molecule has 2 rings (SSSR count). The van der Waals surface area contributed by atoms with Gasteiger partial charge in [0.05, 0.1) is 11.4 Å². The first kappa shape index (κ1) is 8.69. The molecule has 0 fully saturated rings. The Bertz CT molecular complexity index is 477. The van der Waals surface area contributed by atoms with E-state index in [2.05, 4.69) is 4.98 Å². The highest BCUT2D eigenvalue weighted by atomic mass is 14.7. The van der Waals surface area contributed by atoms with Crippen LogP contribution in [0.2, 0.25) is 0 Å². The Labute approximate surface area is 82.1 Å². The van der Waals surface area contributed by atoms with Gasteiger partial charge in [-0.1, -0.05) is 18.2 Å². The quantitative estimate of drug-likeness (QED) is 0.552. The normalized spacial score (nSPS) is 10.3. The summed E-state index contributed by atoms with van der Waals surface area (Å²) in [6.07, 6.45) is 2.26. The lowest BCUT2D eigenvalue weighted by Crippen LogP contribution is -2.12. The number of nitrogens with two attached hydrogens (primary N) is 1. The number of hydrogen-bond donors (Lipinski definition) is 2. The molecule has 14 heavy (non-hydrogen) atoms. The molecule has 0 bridgehead atoms. The van der Waals surface area contributed by atoms with Crippen LogP contribution in [-0.4, -0.2) is 10.8 Å². The highest BCUT2D eigenvalue weighted by Crippen LogP contribution is 2.13. The van der Waals surface area contributed by atoms with E-state index in [1.165, 1.54) is 0 Å². The first-order valence-corrected chi connectivity index (χ1v) is 4.42. The molecule has 3 heteroatoms. The minimum absolute atomic E-state index is 0.181. The zero-order valence-corrected chi connectivity index (χ0v) is 7.70. The van der Waals surface area contributed by atoms with Crippen LogP contribution in [0.3, 0.4) is 0 Å². The van der Waals surface area contributed by atoms with Crippen LogP contribution >= 0.6 is 0 Å². The first-order chi connectivity index (χ1) is 6.75. The van der Waals surface area contributed by atoms with Crippen LogP contribution in [0.1, 0.15) is 5.56 Å². The number of pyridine rings is 1. The second kappa shape index (κ2) is 3.46. The van der Waals surface area contributed by atoms with Crippen LogP contribution in [0.15, 0.2) is 36.5 Å². The van der Waals surface area contributed by atoms with Crippen molar-refractivity contribution in [2.75, 3.05) is 0 Å². The molecule has 0 saturated heterocycles. The van der Waals surface area contributed by atoms with Crippen molar-refractivity contribution in [3.63, 3.8) is 0 Å². The van der Waals surface area contributed by atoms with Gasteiger partial charge in [-0.05, 0) is 17.7 Å². The molecular weight excluding hydrogens is 174 g/mol. The van der Waals surface area contributed by atoms with Gasteiger partial charge in [0.15, 0.2) is 0 Å². The summed E-state index contributed by atoms with van der Waals surface area (Å²) < 4.78 is 0. The van der Waals surface area contributed by atoms with E-state index in [1.807, 2.05) is 30.3 Å². The van der Waals surface area contributed by atoms with Gasteiger partial charge in [0.1, 0.15) is 0 Å². The van der Waals surface area contributed by atoms with Gasteiger partial charge in [-0.3, -0.25) is 10.4 Å². The Morgan fingerprint density at radius 3 is 3.00 bits per heavy atom. The van der Waals surface area contributed by atoms with Crippen molar-refractivity contribution in [2.45, 2.75) is 6.42 Å². The lowest BCUT2D eigenvalue weighted by Gasteiger charge is -2.01. The molecule has 2 aromatic rings. The van der Waals surface area contributed by atoms with Crippen molar-refractivity contribution in [2.24, 2.45) is 5.73 Å². The summed E-state index contributed by atoms with van der Waals surface area (Å²) >= 11 is 0. The van der Waals surface area contributed by atoms with E-state index in [0.717, 1.165) is 16.5 Å². The molecule has 0 aliphatic heterocycles. The molecule has 1 heterocycles. The van der Waals surface area contributed by atoms with E-state index >= 15 is 0 Å². The average molecular weight is 185 g/mol. The van der Waals surface area contributed by atoms with Gasteiger partial charge in [0.25, 0.3) is 0 Å². The Morgan fingerprint density at radius 1 is 1.36 bits per heavy atom. The maximum atomic E-state index is 7.20. The predicted octanol–water partition coefficient (Wildman–Crippen LogP) is 1.71. The minimum Gasteiger partial charge on any atom is -0.387 e. The van der Waals surface area contributed by atoms with Crippen molar-refractivity contribution >= 4 is 16.7 Å². The standard InChI is InChI=1S/C11H11N3/c12-11(13)7-8-3-4-9-2-1-5-14-10(9)6-8/h1-6H,7H2,(H3,12,13). The number of benzene rings is 1. The smallest absolute Gasteiger partial charge is 0.0950 e. The van der Waals surface area contributed by atoms with E-state index in [-0.39, 0.29) is 5.84 Å². The fraction of sp³-hybridized carbons (Fsp3) is 0.0909. The molecular formula is C11H11N3. The van der Waals surface area contributed by atoms with Crippen molar-refractivity contribution in [1.29, 1.82) is 5.41 Å². The van der Waals surface area contributed by atoms with Crippen LogP contribution in [0.4, 0.5) is 0 Å². The molecule has 0 unspecified atom stereocenters. The summed E-state index contributed by atoms with van der Waals surface area (Å²) in [5.41, 5.74) is 7.31. The summed E-state index contributed by atoms with van der Waals surface area (Å²) in [6, 6.07) is 9.87. The SMILES string of the molecule is N=C(N)Cc1ccc2cccnc2c1. The summed E-state index contributed by atoms with van der Waals surface area (Å²) in [5.74, 6) is 0.181. The monoisotopic (exact) mass is 185 g/mol. The van der Waals surface area contributed by atoms with Gasteiger partial charge in [-0.15, -0.1) is 0 Å². The maximum Gasteiger partial charge on any atom is 0.0950 e. The average Bonchev–Trinajstić information content (AvgIpc) is 2.17. The van der Waals surface area contributed by atoms with Gasteiger partial charge in [-0.2, -0.15) is 0 Å². The Balaban J connectivity index is 2.46. The molecule has 0 atom stereocenters. The van der Waals surface area contributed by atoms with Crippen LogP contribution in [0.25, 0.3) is 10.9 Å². The summed E-state index contributed by atoms with van der Waals surface area (Å²) in [7, 11) is 0. The third-order valence-electron chi connectivity index (χ3n) is 2.06. The van der Waals surface area contributed by atoms with E-state index in [0.29, 0.717) is 6.42 Å². The molecule has 1 aromatic heterocycles. The zero-order chi connectivity index (χ0) is 9.97. The number of nitrogens with one attached hydrogen (secondary N) is 1. The fourth-order valence-electron chi connectivity index (χ4n) is 1.44. The molecule has 0 aliphatic carbocycles. The van der Waals surface area contributed by atoms with Crippen molar-refractivity contribution in [1.82, 2.24) is 4.98 Å². The predicted molar refractivity (Wildman–Crippen MR) is 57.4 cm³/mol. The van der Waals surface area contributed by atoms with E-state index < -0.39 is 0 Å².